The van der Waals surface area contributed by atoms with Crippen LogP contribution in [0, 0.1) is 9.49 Å². The summed E-state index contributed by atoms with van der Waals surface area (Å²) in [6, 6.07) is 8.20. The van der Waals surface area contributed by atoms with Crippen molar-refractivity contribution in [2.24, 2.45) is 5.92 Å². The highest BCUT2D eigenvalue weighted by Crippen LogP contribution is 2.17. The van der Waals surface area contributed by atoms with Crippen molar-refractivity contribution in [3.05, 3.63) is 33.4 Å². The lowest BCUT2D eigenvalue weighted by Gasteiger charge is -2.32. The van der Waals surface area contributed by atoms with Crippen molar-refractivity contribution < 1.29 is 4.79 Å². The van der Waals surface area contributed by atoms with Crippen molar-refractivity contribution in [3.63, 3.8) is 0 Å². The molecule has 0 aromatic heterocycles. The zero-order valence-corrected chi connectivity index (χ0v) is 14.5. The molecule has 0 bridgehead atoms. The standard InChI is InChI=1S/C16H24INO/c1-5-15(6-2)18(11-12(3)4)16(19)13-8-7-9-14(17)10-13/h7-10,12,15H,5-6,11H2,1-4H3. The molecular formula is C16H24INO. The van der Waals surface area contributed by atoms with Crippen molar-refractivity contribution in [2.45, 2.75) is 46.6 Å². The predicted molar refractivity (Wildman–Crippen MR) is 89.4 cm³/mol. The van der Waals surface area contributed by atoms with Gasteiger partial charge in [0.1, 0.15) is 0 Å². The first kappa shape index (κ1) is 16.5. The smallest absolute Gasteiger partial charge is 0.254 e. The molecule has 0 aliphatic heterocycles. The Labute approximate surface area is 130 Å². The first-order chi connectivity index (χ1) is 8.99. The molecule has 0 aliphatic rings. The third-order valence-electron chi connectivity index (χ3n) is 3.28. The Bertz CT molecular complexity index is 413. The molecule has 1 aromatic rings. The topological polar surface area (TPSA) is 20.3 Å². The third-order valence-corrected chi connectivity index (χ3v) is 3.95. The average Bonchev–Trinajstić information content (AvgIpc) is 2.37. The number of carbonyl (C=O) groups is 1. The Hall–Kier alpha value is -0.580. The molecule has 0 saturated heterocycles. The van der Waals surface area contributed by atoms with Crippen LogP contribution in [0.1, 0.15) is 50.9 Å². The molecular weight excluding hydrogens is 349 g/mol. The number of nitrogens with zero attached hydrogens (tertiary/aromatic N) is 1. The molecule has 0 aliphatic carbocycles. The van der Waals surface area contributed by atoms with Gasteiger partial charge in [0.15, 0.2) is 0 Å². The number of benzene rings is 1. The van der Waals surface area contributed by atoms with Crippen LogP contribution in [0.2, 0.25) is 0 Å². The highest BCUT2D eigenvalue weighted by atomic mass is 127. The van der Waals surface area contributed by atoms with Crippen molar-refractivity contribution in [1.82, 2.24) is 4.90 Å². The van der Waals surface area contributed by atoms with Crippen LogP contribution in [0.3, 0.4) is 0 Å². The summed E-state index contributed by atoms with van der Waals surface area (Å²) in [6.07, 6.45) is 2.03. The van der Waals surface area contributed by atoms with Gasteiger partial charge >= 0.3 is 0 Å². The minimum absolute atomic E-state index is 0.168. The van der Waals surface area contributed by atoms with Crippen LogP contribution in [0.15, 0.2) is 24.3 Å². The van der Waals surface area contributed by atoms with Gasteiger partial charge in [-0.25, -0.2) is 0 Å². The van der Waals surface area contributed by atoms with Gasteiger partial charge in [0, 0.05) is 21.7 Å². The molecule has 19 heavy (non-hydrogen) atoms. The summed E-state index contributed by atoms with van der Waals surface area (Å²) in [5.74, 6) is 0.660. The monoisotopic (exact) mass is 373 g/mol. The number of carbonyl (C=O) groups excluding carboxylic acids is 1. The number of hydrogen-bond acceptors (Lipinski definition) is 1. The molecule has 3 heteroatoms. The minimum Gasteiger partial charge on any atom is -0.335 e. The van der Waals surface area contributed by atoms with E-state index in [-0.39, 0.29) is 5.91 Å². The van der Waals surface area contributed by atoms with E-state index in [1.54, 1.807) is 0 Å². The molecule has 0 spiro atoms. The van der Waals surface area contributed by atoms with Crippen molar-refractivity contribution in [1.29, 1.82) is 0 Å². The van der Waals surface area contributed by atoms with E-state index in [0.29, 0.717) is 12.0 Å². The molecule has 0 unspecified atom stereocenters. The van der Waals surface area contributed by atoms with E-state index in [2.05, 4.69) is 55.2 Å². The maximum Gasteiger partial charge on any atom is 0.254 e. The highest BCUT2D eigenvalue weighted by molar-refractivity contribution is 14.1. The Morgan fingerprint density at radius 1 is 1.26 bits per heavy atom. The summed E-state index contributed by atoms with van der Waals surface area (Å²) in [7, 11) is 0. The van der Waals surface area contributed by atoms with E-state index in [9.17, 15) is 4.79 Å². The van der Waals surface area contributed by atoms with Gasteiger partial charge in [-0.15, -0.1) is 0 Å². The molecule has 0 saturated carbocycles. The highest BCUT2D eigenvalue weighted by Gasteiger charge is 2.23. The molecule has 1 rings (SSSR count). The second-order valence-electron chi connectivity index (χ2n) is 5.33. The van der Waals surface area contributed by atoms with Crippen LogP contribution in [0.25, 0.3) is 0 Å². The van der Waals surface area contributed by atoms with Gasteiger partial charge in [-0.2, -0.15) is 0 Å². The largest absolute Gasteiger partial charge is 0.335 e. The third kappa shape index (κ3) is 4.79. The van der Waals surface area contributed by atoms with Crippen LogP contribution in [-0.4, -0.2) is 23.4 Å². The van der Waals surface area contributed by atoms with Crippen LogP contribution in [0.5, 0.6) is 0 Å². The number of halogens is 1. The maximum atomic E-state index is 12.7. The summed E-state index contributed by atoms with van der Waals surface area (Å²) in [5, 5.41) is 0. The number of rotatable bonds is 6. The summed E-state index contributed by atoms with van der Waals surface area (Å²) in [5.41, 5.74) is 0.805. The lowest BCUT2D eigenvalue weighted by Crippen LogP contribution is -2.42. The Morgan fingerprint density at radius 3 is 2.37 bits per heavy atom. The Kier molecular flexibility index (Phi) is 6.83. The Morgan fingerprint density at radius 2 is 1.89 bits per heavy atom. The van der Waals surface area contributed by atoms with Gasteiger partial charge < -0.3 is 4.90 Å². The lowest BCUT2D eigenvalue weighted by molar-refractivity contribution is 0.0640. The fourth-order valence-electron chi connectivity index (χ4n) is 2.31. The molecule has 1 aromatic carbocycles. The minimum atomic E-state index is 0.168. The van der Waals surface area contributed by atoms with Crippen molar-refractivity contribution in [2.75, 3.05) is 6.54 Å². The zero-order chi connectivity index (χ0) is 14.4. The maximum absolute atomic E-state index is 12.7. The summed E-state index contributed by atoms with van der Waals surface area (Å²) < 4.78 is 1.11. The van der Waals surface area contributed by atoms with E-state index < -0.39 is 0 Å². The van der Waals surface area contributed by atoms with Crippen LogP contribution in [0.4, 0.5) is 0 Å². The van der Waals surface area contributed by atoms with Gasteiger partial charge in [-0.3, -0.25) is 4.79 Å². The van der Waals surface area contributed by atoms with Gasteiger partial charge in [-0.05, 0) is 59.5 Å². The van der Waals surface area contributed by atoms with Gasteiger partial charge in [-0.1, -0.05) is 33.8 Å². The SMILES string of the molecule is CCC(CC)N(CC(C)C)C(=O)c1cccc(I)c1. The van der Waals surface area contributed by atoms with Crippen molar-refractivity contribution >= 4 is 28.5 Å². The first-order valence-corrected chi connectivity index (χ1v) is 8.13. The summed E-state index contributed by atoms with van der Waals surface area (Å²) >= 11 is 2.25. The molecule has 0 fully saturated rings. The van der Waals surface area contributed by atoms with Gasteiger partial charge in [0.25, 0.3) is 5.91 Å². The molecule has 0 N–H and O–H groups in total. The number of hydrogen-bond donors (Lipinski definition) is 0. The molecule has 0 atom stereocenters. The lowest BCUT2D eigenvalue weighted by atomic mass is 10.1. The zero-order valence-electron chi connectivity index (χ0n) is 12.3. The van der Waals surface area contributed by atoms with E-state index in [0.717, 1.165) is 28.5 Å². The van der Waals surface area contributed by atoms with Crippen LogP contribution >= 0.6 is 22.6 Å². The van der Waals surface area contributed by atoms with E-state index >= 15 is 0 Å². The predicted octanol–water partition coefficient (Wildman–Crippen LogP) is 4.58. The Balaban J connectivity index is 2.99. The average molecular weight is 373 g/mol. The summed E-state index contributed by atoms with van der Waals surface area (Å²) in [6.45, 7) is 9.47. The molecule has 0 heterocycles. The molecule has 0 radical (unpaired) electrons. The normalized spacial score (nSPS) is 11.1. The van der Waals surface area contributed by atoms with Crippen LogP contribution in [-0.2, 0) is 0 Å². The van der Waals surface area contributed by atoms with Gasteiger partial charge in [0.05, 0.1) is 0 Å². The van der Waals surface area contributed by atoms with Gasteiger partial charge in [0.2, 0.25) is 0 Å². The van der Waals surface area contributed by atoms with E-state index in [4.69, 9.17) is 0 Å². The summed E-state index contributed by atoms with van der Waals surface area (Å²) in [4.78, 5) is 14.8. The van der Waals surface area contributed by atoms with Crippen LogP contribution < -0.4 is 0 Å². The second-order valence-corrected chi connectivity index (χ2v) is 6.58. The van der Waals surface area contributed by atoms with E-state index in [1.165, 1.54) is 0 Å². The molecule has 2 nitrogen and oxygen atoms in total. The fourth-order valence-corrected chi connectivity index (χ4v) is 2.85. The second kappa shape index (κ2) is 7.88. The first-order valence-electron chi connectivity index (χ1n) is 7.06. The van der Waals surface area contributed by atoms with E-state index in [1.807, 2.05) is 24.3 Å². The van der Waals surface area contributed by atoms with Crippen molar-refractivity contribution in [3.8, 4) is 0 Å². The quantitative estimate of drug-likeness (QED) is 0.669. The molecule has 1 amide bonds. The fraction of sp³-hybridized carbons (Fsp3) is 0.562. The number of amides is 1. The molecule has 106 valence electrons.